The van der Waals surface area contributed by atoms with Gasteiger partial charge in [0, 0.05) is 6.54 Å². The minimum Gasteiger partial charge on any atom is -0.465 e. The van der Waals surface area contributed by atoms with E-state index in [9.17, 15) is 14.7 Å². The fourth-order valence-electron chi connectivity index (χ4n) is 2.41. The molecule has 1 aliphatic rings. The van der Waals surface area contributed by atoms with E-state index >= 15 is 0 Å². The first kappa shape index (κ1) is 14.1. The van der Waals surface area contributed by atoms with E-state index in [0.717, 1.165) is 5.56 Å². The molecule has 0 saturated carbocycles. The molecule has 1 aromatic heterocycles. The van der Waals surface area contributed by atoms with Gasteiger partial charge in [0.05, 0.1) is 6.54 Å². The summed E-state index contributed by atoms with van der Waals surface area (Å²) in [6.07, 6.45) is 1.81. The van der Waals surface area contributed by atoms with Crippen LogP contribution in [0.2, 0.25) is 0 Å². The van der Waals surface area contributed by atoms with Crippen LogP contribution >= 0.6 is 0 Å². The van der Waals surface area contributed by atoms with Crippen LogP contribution in [0.5, 0.6) is 0 Å². The minimum absolute atomic E-state index is 0.198. The summed E-state index contributed by atoms with van der Waals surface area (Å²) in [5, 5.41) is 13.3. The van der Waals surface area contributed by atoms with E-state index in [0.29, 0.717) is 6.54 Å². The third kappa shape index (κ3) is 2.76. The molecule has 0 aliphatic carbocycles. The zero-order valence-corrected chi connectivity index (χ0v) is 11.7. The molecule has 1 fully saturated rings. The van der Waals surface area contributed by atoms with E-state index in [1.165, 1.54) is 22.2 Å². The van der Waals surface area contributed by atoms with Crippen molar-refractivity contribution < 1.29 is 14.7 Å². The minimum atomic E-state index is -1.09. The monoisotopic (exact) mass is 301 g/mol. The molecule has 1 aromatic carbocycles. The van der Waals surface area contributed by atoms with Gasteiger partial charge in [0.25, 0.3) is 0 Å². The highest BCUT2D eigenvalue weighted by molar-refractivity contribution is 5.90. The Labute approximate surface area is 126 Å². The average Bonchev–Trinajstić information content (AvgIpc) is 3.03. The van der Waals surface area contributed by atoms with Gasteiger partial charge >= 0.3 is 6.09 Å². The predicted molar refractivity (Wildman–Crippen MR) is 75.5 cm³/mol. The Morgan fingerprint density at radius 3 is 2.73 bits per heavy atom. The fourth-order valence-corrected chi connectivity index (χ4v) is 2.41. The smallest absolute Gasteiger partial charge is 0.408 e. The highest BCUT2D eigenvalue weighted by Crippen LogP contribution is 2.20. The zero-order valence-electron chi connectivity index (χ0n) is 11.7. The lowest BCUT2D eigenvalue weighted by Crippen LogP contribution is -2.64. The van der Waals surface area contributed by atoms with Crippen molar-refractivity contribution in [3.05, 3.63) is 48.5 Å². The first-order chi connectivity index (χ1) is 10.6. The SMILES string of the molecule is O=C1C(N(Cc2ccccc2)C(=O)O)CN1Cn1cncn1. The number of amides is 2. The van der Waals surface area contributed by atoms with Crippen molar-refractivity contribution in [3.8, 4) is 0 Å². The van der Waals surface area contributed by atoms with Crippen LogP contribution in [-0.2, 0) is 18.0 Å². The van der Waals surface area contributed by atoms with Gasteiger partial charge in [-0.25, -0.2) is 14.5 Å². The molecule has 1 aliphatic heterocycles. The Hall–Kier alpha value is -2.90. The number of nitrogens with zero attached hydrogens (tertiary/aromatic N) is 5. The molecular weight excluding hydrogens is 286 g/mol. The van der Waals surface area contributed by atoms with Gasteiger partial charge in [-0.15, -0.1) is 0 Å². The molecule has 2 heterocycles. The quantitative estimate of drug-likeness (QED) is 0.818. The Morgan fingerprint density at radius 2 is 2.14 bits per heavy atom. The lowest BCUT2D eigenvalue weighted by molar-refractivity contribution is -0.152. The number of carbonyl (C=O) groups excluding carboxylic acids is 1. The molecule has 0 radical (unpaired) electrons. The summed E-state index contributed by atoms with van der Waals surface area (Å²) < 4.78 is 1.52. The van der Waals surface area contributed by atoms with Crippen LogP contribution in [0.25, 0.3) is 0 Å². The van der Waals surface area contributed by atoms with Gasteiger partial charge in [-0.3, -0.25) is 9.69 Å². The number of β-lactam (4-membered cyclic amide) rings is 1. The van der Waals surface area contributed by atoms with Crippen molar-refractivity contribution in [3.63, 3.8) is 0 Å². The summed E-state index contributed by atoms with van der Waals surface area (Å²) in [6, 6.07) is 8.59. The fraction of sp³-hybridized carbons (Fsp3) is 0.286. The molecule has 114 valence electrons. The highest BCUT2D eigenvalue weighted by Gasteiger charge is 2.43. The van der Waals surface area contributed by atoms with Gasteiger partial charge in [-0.1, -0.05) is 30.3 Å². The summed E-state index contributed by atoms with van der Waals surface area (Å²) in [4.78, 5) is 30.1. The maximum atomic E-state index is 12.2. The van der Waals surface area contributed by atoms with Crippen LogP contribution in [0.4, 0.5) is 4.79 Å². The van der Waals surface area contributed by atoms with Gasteiger partial charge in [0.1, 0.15) is 25.4 Å². The first-order valence-electron chi connectivity index (χ1n) is 6.80. The second kappa shape index (κ2) is 5.84. The topological polar surface area (TPSA) is 91.6 Å². The average molecular weight is 301 g/mol. The summed E-state index contributed by atoms with van der Waals surface area (Å²) >= 11 is 0. The molecule has 3 rings (SSSR count). The Morgan fingerprint density at radius 1 is 1.36 bits per heavy atom. The molecular formula is C14H15N5O3. The molecule has 2 amide bonds. The second-order valence-electron chi connectivity index (χ2n) is 5.05. The van der Waals surface area contributed by atoms with E-state index in [1.807, 2.05) is 30.3 Å². The summed E-state index contributed by atoms with van der Waals surface area (Å²) in [6.45, 7) is 0.843. The number of benzene rings is 1. The number of carbonyl (C=O) groups is 2. The van der Waals surface area contributed by atoms with Crippen molar-refractivity contribution in [2.45, 2.75) is 19.3 Å². The molecule has 1 N–H and O–H groups in total. The number of hydrogen-bond acceptors (Lipinski definition) is 4. The second-order valence-corrected chi connectivity index (χ2v) is 5.05. The number of likely N-dealkylation sites (tertiary alicyclic amines) is 1. The third-order valence-electron chi connectivity index (χ3n) is 3.59. The molecule has 0 spiro atoms. The Kier molecular flexibility index (Phi) is 3.73. The van der Waals surface area contributed by atoms with Crippen LogP contribution in [0.3, 0.4) is 0 Å². The lowest BCUT2D eigenvalue weighted by atomic mass is 10.1. The zero-order chi connectivity index (χ0) is 15.5. The molecule has 0 bridgehead atoms. The van der Waals surface area contributed by atoms with Crippen molar-refractivity contribution in [1.82, 2.24) is 24.6 Å². The molecule has 8 heteroatoms. The van der Waals surface area contributed by atoms with Gasteiger partial charge in [-0.05, 0) is 5.56 Å². The van der Waals surface area contributed by atoms with Crippen LogP contribution in [-0.4, -0.2) is 54.3 Å². The number of rotatable bonds is 5. The normalized spacial score (nSPS) is 17.2. The van der Waals surface area contributed by atoms with E-state index in [2.05, 4.69) is 10.1 Å². The maximum Gasteiger partial charge on any atom is 0.408 e. The van der Waals surface area contributed by atoms with Crippen LogP contribution in [0.1, 0.15) is 5.56 Å². The lowest BCUT2D eigenvalue weighted by Gasteiger charge is -2.42. The van der Waals surface area contributed by atoms with Crippen molar-refractivity contribution >= 4 is 12.0 Å². The van der Waals surface area contributed by atoms with Crippen molar-refractivity contribution in [2.24, 2.45) is 0 Å². The standard InChI is InChI=1S/C14H15N5O3/c20-13-12(7-17(13)10-18-9-15-8-16-18)19(14(21)22)6-11-4-2-1-3-5-11/h1-5,8-9,12H,6-7,10H2,(H,21,22). The summed E-state index contributed by atoms with van der Waals surface area (Å²) in [5.41, 5.74) is 0.854. The van der Waals surface area contributed by atoms with Crippen LogP contribution in [0, 0.1) is 0 Å². The van der Waals surface area contributed by atoms with Gasteiger partial charge in [0.15, 0.2) is 0 Å². The molecule has 1 unspecified atom stereocenters. The molecule has 22 heavy (non-hydrogen) atoms. The van der Waals surface area contributed by atoms with Gasteiger partial charge in [0.2, 0.25) is 5.91 Å². The predicted octanol–water partition coefficient (Wildman–Crippen LogP) is 0.627. The molecule has 1 saturated heterocycles. The highest BCUT2D eigenvalue weighted by atomic mass is 16.4. The van der Waals surface area contributed by atoms with Crippen LogP contribution in [0.15, 0.2) is 43.0 Å². The Bertz CT molecular complexity index is 658. The maximum absolute atomic E-state index is 12.2. The van der Waals surface area contributed by atoms with Crippen molar-refractivity contribution in [2.75, 3.05) is 6.54 Å². The van der Waals surface area contributed by atoms with Crippen LogP contribution < -0.4 is 0 Å². The molecule has 1 atom stereocenters. The number of carboxylic acid groups (broad SMARTS) is 1. The largest absolute Gasteiger partial charge is 0.465 e. The Balaban J connectivity index is 1.64. The summed E-state index contributed by atoms with van der Waals surface area (Å²) in [7, 11) is 0. The number of aromatic nitrogens is 3. The van der Waals surface area contributed by atoms with E-state index < -0.39 is 12.1 Å². The van der Waals surface area contributed by atoms with E-state index in [-0.39, 0.29) is 19.1 Å². The van der Waals surface area contributed by atoms with Gasteiger partial charge < -0.3 is 10.0 Å². The van der Waals surface area contributed by atoms with Gasteiger partial charge in [-0.2, -0.15) is 5.10 Å². The third-order valence-corrected chi connectivity index (χ3v) is 3.59. The van der Waals surface area contributed by atoms with E-state index in [1.54, 1.807) is 4.90 Å². The summed E-state index contributed by atoms with van der Waals surface area (Å²) in [5.74, 6) is -0.214. The number of hydrogen-bond donors (Lipinski definition) is 1. The van der Waals surface area contributed by atoms with Crippen molar-refractivity contribution in [1.29, 1.82) is 0 Å². The van der Waals surface area contributed by atoms with E-state index in [4.69, 9.17) is 0 Å². The first-order valence-corrected chi connectivity index (χ1v) is 6.80. The molecule has 2 aromatic rings. The molecule has 8 nitrogen and oxygen atoms in total.